The maximum atomic E-state index is 13.4. The van der Waals surface area contributed by atoms with E-state index in [4.69, 9.17) is 17.3 Å². The third-order valence-corrected chi connectivity index (χ3v) is 7.04. The molecule has 12 heteroatoms. The Bertz CT molecular complexity index is 1400. The second-order valence-electron chi connectivity index (χ2n) is 9.17. The number of nitrogen functional groups attached to an aromatic ring is 1. The number of likely N-dealkylation sites (N-methyl/N-ethyl adjacent to an activating group) is 1. The van der Waals surface area contributed by atoms with Gasteiger partial charge in [0.15, 0.2) is 11.3 Å². The Morgan fingerprint density at radius 2 is 2.05 bits per heavy atom. The number of nitrogens with one attached hydrogen (secondary N) is 1. The molecule has 0 radical (unpaired) electrons. The number of likely N-dealkylation sites (tertiary alicyclic amines) is 1. The Morgan fingerprint density at radius 1 is 1.30 bits per heavy atom. The van der Waals surface area contributed by atoms with E-state index in [0.717, 1.165) is 18.4 Å². The van der Waals surface area contributed by atoms with Crippen LogP contribution < -0.4 is 11.1 Å². The number of benzene rings is 1. The molecule has 0 bridgehead atoms. The van der Waals surface area contributed by atoms with E-state index in [1.54, 1.807) is 42.7 Å². The lowest BCUT2D eigenvalue weighted by atomic mass is 10.0. The third kappa shape index (κ3) is 5.12. The van der Waals surface area contributed by atoms with Crippen LogP contribution in [0.1, 0.15) is 40.5 Å². The van der Waals surface area contributed by atoms with Crippen LogP contribution in [0.3, 0.4) is 0 Å². The average molecular weight is 525 g/mol. The first-order chi connectivity index (χ1) is 17.6. The van der Waals surface area contributed by atoms with Gasteiger partial charge in [-0.15, -0.1) is 0 Å². The molecule has 0 saturated carbocycles. The average Bonchev–Trinajstić information content (AvgIpc) is 3.29. The van der Waals surface area contributed by atoms with Crippen molar-refractivity contribution in [3.63, 3.8) is 0 Å². The van der Waals surface area contributed by atoms with Gasteiger partial charge in [0.25, 0.3) is 5.91 Å². The summed E-state index contributed by atoms with van der Waals surface area (Å²) < 4.78 is 1.65. The Balaban J connectivity index is 1.66. The summed E-state index contributed by atoms with van der Waals surface area (Å²) in [5.41, 5.74) is 8.46. The number of carbonyl (C=O) groups is 3. The van der Waals surface area contributed by atoms with Crippen molar-refractivity contribution in [2.45, 2.75) is 32.2 Å². The minimum atomic E-state index is -0.529. The van der Waals surface area contributed by atoms with E-state index < -0.39 is 5.91 Å². The quantitative estimate of drug-likeness (QED) is 0.472. The maximum absolute atomic E-state index is 13.4. The molecule has 1 aliphatic heterocycles. The summed E-state index contributed by atoms with van der Waals surface area (Å²) in [7, 11) is 3.38. The van der Waals surface area contributed by atoms with Crippen molar-refractivity contribution in [3.05, 3.63) is 53.0 Å². The third-order valence-electron chi connectivity index (χ3n) is 6.55. The van der Waals surface area contributed by atoms with Crippen molar-refractivity contribution < 1.29 is 14.4 Å². The van der Waals surface area contributed by atoms with Crippen molar-refractivity contribution in [1.82, 2.24) is 29.5 Å². The molecule has 3 N–H and O–H groups in total. The fraction of sp³-hybridized carbons (Fsp3) is 0.360. The van der Waals surface area contributed by atoms with Crippen molar-refractivity contribution in [2.75, 3.05) is 38.2 Å². The molecular weight excluding hydrogens is 496 g/mol. The summed E-state index contributed by atoms with van der Waals surface area (Å²) in [6, 6.07) is 3.22. The summed E-state index contributed by atoms with van der Waals surface area (Å²) in [6.45, 7) is 6.40. The molecule has 3 aromatic rings. The number of hydrogen-bond donors (Lipinski definition) is 2. The van der Waals surface area contributed by atoms with Gasteiger partial charge in [-0.2, -0.15) is 5.10 Å². The molecule has 1 saturated heterocycles. The zero-order valence-electron chi connectivity index (χ0n) is 21.0. The van der Waals surface area contributed by atoms with Gasteiger partial charge in [-0.3, -0.25) is 14.4 Å². The molecule has 0 spiro atoms. The number of nitrogens with two attached hydrogens (primary N) is 1. The standard InChI is InChI=1S/C25H29ClN8O3/c1-5-18(35)33-10-6-7-16(12-33)34-24-20(23(27)28-13-29-24)22(31-34)25(37)30-17-9-8-15(14(2)21(17)26)11-19(36)32(3)4/h5,8-9,13,16H,1,6-7,10-12H2,2-4H3,(H,30,37)(H2,27,28,29)/t16-/m1/s1. The number of amides is 3. The Labute approximate surface area is 219 Å². The first-order valence-corrected chi connectivity index (χ1v) is 12.2. The molecule has 11 nitrogen and oxygen atoms in total. The van der Waals surface area contributed by atoms with E-state index in [1.807, 2.05) is 0 Å². The van der Waals surface area contributed by atoms with Crippen molar-refractivity contribution in [2.24, 2.45) is 0 Å². The highest BCUT2D eigenvalue weighted by Crippen LogP contribution is 2.32. The highest BCUT2D eigenvalue weighted by molar-refractivity contribution is 6.35. The molecule has 3 amide bonds. The summed E-state index contributed by atoms with van der Waals surface area (Å²) in [5.74, 6) is -0.622. The van der Waals surface area contributed by atoms with Crippen LogP contribution in [0.4, 0.5) is 11.5 Å². The molecule has 1 aliphatic rings. The molecule has 0 aliphatic carbocycles. The van der Waals surface area contributed by atoms with Crippen LogP contribution in [0.5, 0.6) is 0 Å². The highest BCUT2D eigenvalue weighted by atomic mass is 35.5. The highest BCUT2D eigenvalue weighted by Gasteiger charge is 2.29. The number of hydrogen-bond acceptors (Lipinski definition) is 7. The van der Waals surface area contributed by atoms with Crippen LogP contribution in [0, 0.1) is 6.92 Å². The van der Waals surface area contributed by atoms with Gasteiger partial charge in [-0.1, -0.05) is 24.2 Å². The molecule has 1 fully saturated rings. The lowest BCUT2D eigenvalue weighted by Gasteiger charge is -2.32. The van der Waals surface area contributed by atoms with Gasteiger partial charge in [0.2, 0.25) is 11.8 Å². The van der Waals surface area contributed by atoms with Crippen molar-refractivity contribution >= 4 is 51.9 Å². The molecular formula is C25H29ClN8O3. The smallest absolute Gasteiger partial charge is 0.277 e. The van der Waals surface area contributed by atoms with Gasteiger partial charge < -0.3 is 20.9 Å². The predicted octanol–water partition coefficient (Wildman–Crippen LogP) is 2.60. The lowest BCUT2D eigenvalue weighted by Crippen LogP contribution is -2.40. The van der Waals surface area contributed by atoms with E-state index >= 15 is 0 Å². The predicted molar refractivity (Wildman–Crippen MR) is 141 cm³/mol. The van der Waals surface area contributed by atoms with Gasteiger partial charge in [-0.25, -0.2) is 14.6 Å². The van der Waals surface area contributed by atoms with Gasteiger partial charge in [-0.05, 0) is 43.0 Å². The summed E-state index contributed by atoms with van der Waals surface area (Å²) >= 11 is 6.57. The fourth-order valence-electron chi connectivity index (χ4n) is 4.41. The van der Waals surface area contributed by atoms with E-state index in [1.165, 1.54) is 17.3 Å². The van der Waals surface area contributed by atoms with Crippen molar-refractivity contribution in [3.8, 4) is 0 Å². The van der Waals surface area contributed by atoms with Gasteiger partial charge in [0, 0.05) is 27.2 Å². The number of carbonyl (C=O) groups excluding carboxylic acids is 3. The minimum absolute atomic E-state index is 0.0560. The van der Waals surface area contributed by atoms with Gasteiger partial charge in [0.1, 0.15) is 12.1 Å². The lowest BCUT2D eigenvalue weighted by molar-refractivity contribution is -0.128. The largest absolute Gasteiger partial charge is 0.383 e. The molecule has 1 aromatic carbocycles. The number of piperidine rings is 1. The second kappa shape index (κ2) is 10.6. The molecule has 2 aromatic heterocycles. The normalized spacial score (nSPS) is 15.5. The topological polar surface area (TPSA) is 139 Å². The molecule has 194 valence electrons. The number of aromatic nitrogens is 4. The van der Waals surface area contributed by atoms with Crippen LogP contribution in [0.2, 0.25) is 5.02 Å². The van der Waals surface area contributed by atoms with Crippen LogP contribution in [0.15, 0.2) is 31.1 Å². The zero-order chi connectivity index (χ0) is 26.9. The minimum Gasteiger partial charge on any atom is -0.383 e. The zero-order valence-corrected chi connectivity index (χ0v) is 21.7. The molecule has 1 atom stereocenters. The van der Waals surface area contributed by atoms with Crippen molar-refractivity contribution in [1.29, 1.82) is 0 Å². The van der Waals surface area contributed by atoms with E-state index in [0.29, 0.717) is 40.4 Å². The molecule has 37 heavy (non-hydrogen) atoms. The first-order valence-electron chi connectivity index (χ1n) is 11.8. The second-order valence-corrected chi connectivity index (χ2v) is 9.54. The summed E-state index contributed by atoms with van der Waals surface area (Å²) in [5, 5.41) is 8.05. The first kappa shape index (κ1) is 26.1. The summed E-state index contributed by atoms with van der Waals surface area (Å²) in [6.07, 6.45) is 4.32. The maximum Gasteiger partial charge on any atom is 0.277 e. The number of rotatable bonds is 6. The monoisotopic (exact) mass is 524 g/mol. The molecule has 3 heterocycles. The number of fused-ring (bicyclic) bond motifs is 1. The Kier molecular flexibility index (Phi) is 7.44. The van der Waals surface area contributed by atoms with Gasteiger partial charge in [0.05, 0.1) is 28.6 Å². The van der Waals surface area contributed by atoms with E-state index in [2.05, 4.69) is 27.0 Å². The fourth-order valence-corrected chi connectivity index (χ4v) is 4.64. The van der Waals surface area contributed by atoms with Crippen LogP contribution >= 0.6 is 11.6 Å². The Morgan fingerprint density at radius 3 is 2.76 bits per heavy atom. The SMILES string of the molecule is C=CC(=O)N1CCC[C@@H](n2nc(C(=O)Nc3ccc(CC(=O)N(C)C)c(C)c3Cl)c3c(N)ncnc32)C1. The Hall–Kier alpha value is -3.99. The number of nitrogens with zero attached hydrogens (tertiary/aromatic N) is 6. The number of halogens is 1. The van der Waals surface area contributed by atoms with Crippen LogP contribution in [-0.4, -0.2) is 74.5 Å². The summed E-state index contributed by atoms with van der Waals surface area (Å²) in [4.78, 5) is 49.3. The van der Waals surface area contributed by atoms with Crippen LogP contribution in [-0.2, 0) is 16.0 Å². The molecule has 0 unspecified atom stereocenters. The molecule has 4 rings (SSSR count). The van der Waals surface area contributed by atoms with Crippen LogP contribution in [0.25, 0.3) is 11.0 Å². The van der Waals surface area contributed by atoms with Gasteiger partial charge >= 0.3 is 0 Å². The van der Waals surface area contributed by atoms with E-state index in [-0.39, 0.29) is 35.8 Å². The van der Waals surface area contributed by atoms with E-state index in [9.17, 15) is 14.4 Å². The number of anilines is 2.